The van der Waals surface area contributed by atoms with E-state index < -0.39 is 0 Å². The molecule has 0 radical (unpaired) electrons. The lowest BCUT2D eigenvalue weighted by atomic mass is 10.0. The Morgan fingerprint density at radius 3 is 2.53 bits per heavy atom. The zero-order chi connectivity index (χ0) is 10.2. The third-order valence-corrected chi connectivity index (χ3v) is 5.31. The van der Waals surface area contributed by atoms with Gasteiger partial charge in [0, 0.05) is 17.9 Å². The maximum absolute atomic E-state index is 5.37. The van der Waals surface area contributed by atoms with Gasteiger partial charge in [-0.3, -0.25) is 0 Å². The van der Waals surface area contributed by atoms with Crippen molar-refractivity contribution in [1.29, 1.82) is 0 Å². The van der Waals surface area contributed by atoms with Crippen LogP contribution in [0.25, 0.3) is 0 Å². The molecule has 4 unspecified atom stereocenters. The van der Waals surface area contributed by atoms with Gasteiger partial charge in [0.2, 0.25) is 0 Å². The van der Waals surface area contributed by atoms with Gasteiger partial charge in [0.15, 0.2) is 4.77 Å². The molecule has 1 N–H and O–H groups in total. The van der Waals surface area contributed by atoms with E-state index in [0.29, 0.717) is 0 Å². The third kappa shape index (κ3) is 0.930. The Balaban J connectivity index is 1.75. The van der Waals surface area contributed by atoms with Gasteiger partial charge in [0.1, 0.15) is 0 Å². The summed E-state index contributed by atoms with van der Waals surface area (Å²) in [5.41, 5.74) is 1.32. The molecule has 3 aliphatic rings. The first kappa shape index (κ1) is 8.57. The van der Waals surface area contributed by atoms with Crippen LogP contribution in [0.1, 0.15) is 31.0 Å². The second-order valence-corrected chi connectivity index (χ2v) is 5.97. The molecular weight excluding hydrogens is 204 g/mol. The first-order valence-electron chi connectivity index (χ1n) is 6.04. The van der Waals surface area contributed by atoms with Crippen LogP contribution >= 0.6 is 12.2 Å². The fourth-order valence-electron chi connectivity index (χ4n) is 4.46. The number of hydrogen-bond acceptors (Lipinski definition) is 1. The number of aromatic nitrogens is 2. The summed E-state index contributed by atoms with van der Waals surface area (Å²) in [6.07, 6.45) is 6.54. The molecule has 15 heavy (non-hydrogen) atoms. The molecule has 0 aliphatic heterocycles. The van der Waals surface area contributed by atoms with Crippen molar-refractivity contribution in [3.8, 4) is 0 Å². The summed E-state index contributed by atoms with van der Waals surface area (Å²) in [7, 11) is 0. The van der Waals surface area contributed by atoms with Crippen molar-refractivity contribution in [3.63, 3.8) is 0 Å². The van der Waals surface area contributed by atoms with Crippen LogP contribution < -0.4 is 0 Å². The number of H-pyrrole nitrogens is 1. The molecule has 3 heteroatoms. The zero-order valence-electron chi connectivity index (χ0n) is 8.94. The smallest absolute Gasteiger partial charge is 0.177 e. The fourth-order valence-corrected chi connectivity index (χ4v) is 4.78. The Morgan fingerprint density at radius 1 is 1.33 bits per heavy atom. The number of nitrogens with zero attached hydrogens (tertiary/aromatic N) is 1. The summed E-state index contributed by atoms with van der Waals surface area (Å²) in [5, 5.41) is 0. The normalized spacial score (nSPS) is 45.8. The van der Waals surface area contributed by atoms with E-state index in [-0.39, 0.29) is 0 Å². The van der Waals surface area contributed by atoms with Crippen molar-refractivity contribution in [2.45, 2.75) is 32.2 Å². The zero-order valence-corrected chi connectivity index (χ0v) is 9.76. The molecule has 0 spiro atoms. The van der Waals surface area contributed by atoms with Crippen molar-refractivity contribution in [2.75, 3.05) is 0 Å². The Morgan fingerprint density at radius 2 is 2.00 bits per heavy atom. The van der Waals surface area contributed by atoms with E-state index in [2.05, 4.69) is 22.7 Å². The molecule has 2 bridgehead atoms. The summed E-state index contributed by atoms with van der Waals surface area (Å²) in [4.78, 5) is 3.18. The average molecular weight is 220 g/mol. The van der Waals surface area contributed by atoms with Crippen molar-refractivity contribution in [3.05, 3.63) is 16.7 Å². The SMILES string of the molecule is Cc1c[nH]c(=S)n1C1C2C3CCC(C3)C21. The first-order valence-corrected chi connectivity index (χ1v) is 6.44. The van der Waals surface area contributed by atoms with Gasteiger partial charge in [-0.2, -0.15) is 0 Å². The van der Waals surface area contributed by atoms with E-state index in [4.69, 9.17) is 12.2 Å². The summed E-state index contributed by atoms with van der Waals surface area (Å²) < 4.78 is 3.32. The largest absolute Gasteiger partial charge is 0.337 e. The second kappa shape index (κ2) is 2.57. The first-order chi connectivity index (χ1) is 7.27. The molecule has 2 nitrogen and oxygen atoms in total. The summed E-state index contributed by atoms with van der Waals surface area (Å²) in [6, 6.07) is 0.759. The van der Waals surface area contributed by atoms with E-state index in [1.165, 1.54) is 25.0 Å². The molecule has 0 saturated heterocycles. The quantitative estimate of drug-likeness (QED) is 0.721. The summed E-state index contributed by atoms with van der Waals surface area (Å²) >= 11 is 5.37. The lowest BCUT2D eigenvalue weighted by Crippen LogP contribution is -2.06. The lowest BCUT2D eigenvalue weighted by Gasteiger charge is -2.11. The maximum Gasteiger partial charge on any atom is 0.177 e. The summed E-state index contributed by atoms with van der Waals surface area (Å²) in [6.45, 7) is 2.17. The summed E-state index contributed by atoms with van der Waals surface area (Å²) in [5.74, 6) is 4.01. The van der Waals surface area contributed by atoms with E-state index in [9.17, 15) is 0 Å². The van der Waals surface area contributed by atoms with Crippen molar-refractivity contribution in [1.82, 2.24) is 9.55 Å². The molecule has 4 atom stereocenters. The van der Waals surface area contributed by atoms with Gasteiger partial charge < -0.3 is 9.55 Å². The van der Waals surface area contributed by atoms with Crippen LogP contribution in [-0.4, -0.2) is 9.55 Å². The van der Waals surface area contributed by atoms with Gasteiger partial charge in [0.25, 0.3) is 0 Å². The minimum absolute atomic E-state index is 0.759. The van der Waals surface area contributed by atoms with Gasteiger partial charge in [-0.1, -0.05) is 0 Å². The number of aromatic amines is 1. The highest BCUT2D eigenvalue weighted by Crippen LogP contribution is 2.71. The van der Waals surface area contributed by atoms with Crippen LogP contribution in [0.4, 0.5) is 0 Å². The molecule has 3 saturated carbocycles. The predicted molar refractivity (Wildman–Crippen MR) is 61.2 cm³/mol. The van der Waals surface area contributed by atoms with Crippen LogP contribution in [0.3, 0.4) is 0 Å². The fraction of sp³-hybridized carbons (Fsp3) is 0.750. The van der Waals surface area contributed by atoms with Gasteiger partial charge in [-0.25, -0.2) is 0 Å². The average Bonchev–Trinajstić information content (AvgIpc) is 2.61. The molecule has 1 heterocycles. The molecule has 1 aromatic heterocycles. The molecule has 3 aliphatic carbocycles. The van der Waals surface area contributed by atoms with E-state index in [1.54, 1.807) is 0 Å². The Bertz CT molecular complexity index is 456. The monoisotopic (exact) mass is 220 g/mol. The number of nitrogens with one attached hydrogen (secondary N) is 1. The highest BCUT2D eigenvalue weighted by Gasteiger charge is 2.66. The Kier molecular flexibility index (Phi) is 1.47. The van der Waals surface area contributed by atoms with Gasteiger partial charge >= 0.3 is 0 Å². The minimum Gasteiger partial charge on any atom is -0.337 e. The van der Waals surface area contributed by atoms with Crippen LogP contribution in [0.5, 0.6) is 0 Å². The second-order valence-electron chi connectivity index (χ2n) is 5.58. The van der Waals surface area contributed by atoms with Crippen molar-refractivity contribution < 1.29 is 0 Å². The number of rotatable bonds is 1. The van der Waals surface area contributed by atoms with Crippen LogP contribution in [0, 0.1) is 35.4 Å². The third-order valence-electron chi connectivity index (χ3n) is 5.00. The maximum atomic E-state index is 5.37. The molecule has 3 fully saturated rings. The standard InChI is InChI=1S/C12H16N2S/c1-6-5-13-12(15)14(6)11-9-7-2-3-8(4-7)10(9)11/h5,7-11H,2-4H2,1H3,(H,13,15). The number of imidazole rings is 1. The highest BCUT2D eigenvalue weighted by atomic mass is 32.1. The van der Waals surface area contributed by atoms with Crippen molar-refractivity contribution in [2.24, 2.45) is 23.7 Å². The lowest BCUT2D eigenvalue weighted by molar-refractivity contribution is 0.447. The number of fused-ring (bicyclic) bond motifs is 5. The van der Waals surface area contributed by atoms with E-state index in [1.807, 2.05) is 0 Å². The Labute approximate surface area is 94.7 Å². The van der Waals surface area contributed by atoms with E-state index >= 15 is 0 Å². The molecule has 0 amide bonds. The van der Waals surface area contributed by atoms with E-state index in [0.717, 1.165) is 34.5 Å². The molecular formula is C12H16N2S. The van der Waals surface area contributed by atoms with Crippen molar-refractivity contribution >= 4 is 12.2 Å². The highest BCUT2D eigenvalue weighted by molar-refractivity contribution is 7.71. The van der Waals surface area contributed by atoms with Crippen LogP contribution in [0.2, 0.25) is 0 Å². The van der Waals surface area contributed by atoms with Gasteiger partial charge in [-0.05, 0) is 62.1 Å². The molecule has 0 aromatic carbocycles. The van der Waals surface area contributed by atoms with Crippen LogP contribution in [-0.2, 0) is 0 Å². The Hall–Kier alpha value is -0.570. The number of aryl methyl sites for hydroxylation is 1. The topological polar surface area (TPSA) is 20.7 Å². The minimum atomic E-state index is 0.759. The van der Waals surface area contributed by atoms with Gasteiger partial charge in [0.05, 0.1) is 0 Å². The molecule has 1 aromatic rings. The van der Waals surface area contributed by atoms with Crippen LogP contribution in [0.15, 0.2) is 6.20 Å². The number of hydrogen-bond donors (Lipinski definition) is 1. The molecule has 4 rings (SSSR count). The predicted octanol–water partition coefficient (Wildman–Crippen LogP) is 3.07. The molecule has 80 valence electrons. The van der Waals surface area contributed by atoms with Gasteiger partial charge in [-0.15, -0.1) is 0 Å².